The number of ether oxygens (including phenoxy) is 1. The van der Waals surface area contributed by atoms with Crippen LogP contribution in [0.4, 0.5) is 10.5 Å². The Balaban J connectivity index is 1.56. The summed E-state index contributed by atoms with van der Waals surface area (Å²) in [5.41, 5.74) is 2.75. The minimum absolute atomic E-state index is 0.231. The molecule has 1 atom stereocenters. The largest absolute Gasteiger partial charge is 0.444 e. The average Bonchev–Trinajstić information content (AvgIpc) is 3.16. The van der Waals surface area contributed by atoms with Crippen molar-refractivity contribution in [2.75, 3.05) is 18.4 Å². The van der Waals surface area contributed by atoms with Gasteiger partial charge < -0.3 is 15.0 Å². The Labute approximate surface area is 153 Å². The van der Waals surface area contributed by atoms with E-state index in [0.717, 1.165) is 34.9 Å². The predicted octanol–water partition coefficient (Wildman–Crippen LogP) is 4.54. The molecule has 25 heavy (non-hydrogen) atoms. The summed E-state index contributed by atoms with van der Waals surface area (Å²) >= 11 is 1.66. The average molecular weight is 359 g/mol. The van der Waals surface area contributed by atoms with E-state index in [9.17, 15) is 4.79 Å². The van der Waals surface area contributed by atoms with Crippen molar-refractivity contribution in [1.82, 2.24) is 9.88 Å². The zero-order chi connectivity index (χ0) is 18.0. The number of amides is 1. The molecule has 1 unspecified atom stereocenters. The Bertz CT molecular complexity index is 734. The molecule has 134 valence electrons. The third-order valence-corrected chi connectivity index (χ3v) is 4.78. The minimum atomic E-state index is -0.452. The van der Waals surface area contributed by atoms with E-state index in [4.69, 9.17) is 4.74 Å². The molecule has 1 aromatic heterocycles. The van der Waals surface area contributed by atoms with Gasteiger partial charge in [0.25, 0.3) is 0 Å². The third-order valence-electron chi connectivity index (χ3n) is 4.01. The summed E-state index contributed by atoms with van der Waals surface area (Å²) in [7, 11) is 0. The number of aromatic nitrogens is 1. The van der Waals surface area contributed by atoms with Crippen LogP contribution in [0.25, 0.3) is 11.3 Å². The second kappa shape index (κ2) is 7.04. The molecule has 5 nitrogen and oxygen atoms in total. The van der Waals surface area contributed by atoms with E-state index >= 15 is 0 Å². The van der Waals surface area contributed by atoms with Gasteiger partial charge in [-0.15, -0.1) is 11.3 Å². The van der Waals surface area contributed by atoms with Crippen LogP contribution in [0, 0.1) is 6.92 Å². The fraction of sp³-hybridized carbons (Fsp3) is 0.474. The summed E-state index contributed by atoms with van der Waals surface area (Å²) in [6, 6.07) is 8.55. The molecule has 1 N–H and O–H groups in total. The van der Waals surface area contributed by atoms with E-state index in [2.05, 4.69) is 39.9 Å². The lowest BCUT2D eigenvalue weighted by molar-refractivity contribution is 0.0293. The van der Waals surface area contributed by atoms with Gasteiger partial charge >= 0.3 is 6.09 Å². The summed E-state index contributed by atoms with van der Waals surface area (Å²) in [5, 5.41) is 6.66. The fourth-order valence-corrected chi connectivity index (χ4v) is 3.46. The molecule has 0 bridgehead atoms. The molecule has 1 fully saturated rings. The van der Waals surface area contributed by atoms with Crippen molar-refractivity contribution >= 4 is 23.1 Å². The molecular formula is C19H25N3O2S. The zero-order valence-electron chi connectivity index (χ0n) is 15.2. The number of hydrogen-bond acceptors (Lipinski definition) is 5. The second-order valence-corrected chi connectivity index (χ2v) is 8.45. The maximum atomic E-state index is 12.1. The van der Waals surface area contributed by atoms with Gasteiger partial charge in [0, 0.05) is 35.8 Å². The van der Waals surface area contributed by atoms with Gasteiger partial charge in [0.15, 0.2) is 0 Å². The number of hydrogen-bond donors (Lipinski definition) is 1. The molecule has 0 radical (unpaired) electrons. The first-order chi connectivity index (χ1) is 11.8. The lowest BCUT2D eigenvalue weighted by atomic mass is 10.1. The molecule has 0 saturated carbocycles. The van der Waals surface area contributed by atoms with E-state index in [0.29, 0.717) is 6.54 Å². The van der Waals surface area contributed by atoms with Crippen LogP contribution in [-0.4, -0.2) is 40.7 Å². The normalized spacial score (nSPS) is 17.6. The summed E-state index contributed by atoms with van der Waals surface area (Å²) in [6.45, 7) is 9.08. The highest BCUT2D eigenvalue weighted by atomic mass is 32.1. The number of anilines is 1. The van der Waals surface area contributed by atoms with Crippen LogP contribution in [0.3, 0.4) is 0 Å². The summed E-state index contributed by atoms with van der Waals surface area (Å²) in [4.78, 5) is 18.4. The van der Waals surface area contributed by atoms with Gasteiger partial charge in [0.2, 0.25) is 0 Å². The van der Waals surface area contributed by atoms with E-state index in [1.165, 1.54) is 0 Å². The van der Waals surface area contributed by atoms with Crippen LogP contribution in [0.15, 0.2) is 29.6 Å². The number of likely N-dealkylation sites (tertiary alicyclic amines) is 1. The standard InChI is InChI=1S/C19H25N3O2S/c1-13-20-17(12-25-13)14-5-7-15(8-6-14)21-16-9-10-22(11-16)18(23)24-19(2,3)4/h5-8,12,16,21H,9-11H2,1-4H3. The molecule has 1 aliphatic heterocycles. The third kappa shape index (κ3) is 4.72. The Morgan fingerprint density at radius 2 is 2.04 bits per heavy atom. The van der Waals surface area contributed by atoms with Gasteiger partial charge in [-0.05, 0) is 46.2 Å². The number of nitrogens with zero attached hydrogens (tertiary/aromatic N) is 2. The number of benzene rings is 1. The molecule has 6 heteroatoms. The van der Waals surface area contributed by atoms with E-state index in [1.807, 2.05) is 27.7 Å². The van der Waals surface area contributed by atoms with Gasteiger partial charge in [0.05, 0.1) is 10.7 Å². The van der Waals surface area contributed by atoms with Crippen molar-refractivity contribution in [3.8, 4) is 11.3 Å². The van der Waals surface area contributed by atoms with Crippen LogP contribution in [-0.2, 0) is 4.74 Å². The van der Waals surface area contributed by atoms with Crippen molar-refractivity contribution in [1.29, 1.82) is 0 Å². The minimum Gasteiger partial charge on any atom is -0.444 e. The van der Waals surface area contributed by atoms with Crippen LogP contribution >= 0.6 is 11.3 Å². The van der Waals surface area contributed by atoms with E-state index < -0.39 is 5.60 Å². The molecular weight excluding hydrogens is 334 g/mol. The monoisotopic (exact) mass is 359 g/mol. The Kier molecular flexibility index (Phi) is 4.99. The smallest absolute Gasteiger partial charge is 0.410 e. The number of carbonyl (C=O) groups excluding carboxylic acids is 1. The molecule has 1 amide bonds. The highest BCUT2D eigenvalue weighted by molar-refractivity contribution is 7.09. The lowest BCUT2D eigenvalue weighted by Gasteiger charge is -2.24. The molecule has 2 aromatic rings. The molecule has 1 aliphatic rings. The van der Waals surface area contributed by atoms with Crippen LogP contribution in [0.5, 0.6) is 0 Å². The molecule has 0 aliphatic carbocycles. The first kappa shape index (κ1) is 17.7. The summed E-state index contributed by atoms with van der Waals surface area (Å²) in [6.07, 6.45) is 0.692. The Morgan fingerprint density at radius 1 is 1.32 bits per heavy atom. The fourth-order valence-electron chi connectivity index (χ4n) is 2.84. The maximum absolute atomic E-state index is 12.1. The molecule has 1 saturated heterocycles. The summed E-state index contributed by atoms with van der Waals surface area (Å²) in [5.74, 6) is 0. The van der Waals surface area contributed by atoms with Crippen molar-refractivity contribution in [2.45, 2.75) is 45.8 Å². The van der Waals surface area contributed by atoms with Gasteiger partial charge in [-0.3, -0.25) is 0 Å². The maximum Gasteiger partial charge on any atom is 0.410 e. The van der Waals surface area contributed by atoms with Gasteiger partial charge in [-0.25, -0.2) is 9.78 Å². The number of carbonyl (C=O) groups is 1. The lowest BCUT2D eigenvalue weighted by Crippen LogP contribution is -2.36. The Morgan fingerprint density at radius 3 is 2.64 bits per heavy atom. The second-order valence-electron chi connectivity index (χ2n) is 7.39. The van der Waals surface area contributed by atoms with Gasteiger partial charge in [-0.2, -0.15) is 0 Å². The molecule has 0 spiro atoms. The number of nitrogens with one attached hydrogen (secondary N) is 1. The van der Waals surface area contributed by atoms with Crippen LogP contribution in [0.2, 0.25) is 0 Å². The Hall–Kier alpha value is -2.08. The molecule has 1 aromatic carbocycles. The van der Waals surface area contributed by atoms with Crippen molar-refractivity contribution < 1.29 is 9.53 Å². The van der Waals surface area contributed by atoms with E-state index in [1.54, 1.807) is 16.2 Å². The molecule has 2 heterocycles. The van der Waals surface area contributed by atoms with Crippen molar-refractivity contribution in [3.63, 3.8) is 0 Å². The zero-order valence-corrected chi connectivity index (χ0v) is 16.0. The highest BCUT2D eigenvalue weighted by Gasteiger charge is 2.29. The van der Waals surface area contributed by atoms with Gasteiger partial charge in [0.1, 0.15) is 5.60 Å². The van der Waals surface area contributed by atoms with Crippen molar-refractivity contribution in [2.24, 2.45) is 0 Å². The quantitative estimate of drug-likeness (QED) is 0.874. The first-order valence-corrected chi connectivity index (χ1v) is 9.45. The number of aryl methyl sites for hydroxylation is 1. The first-order valence-electron chi connectivity index (χ1n) is 8.57. The SMILES string of the molecule is Cc1nc(-c2ccc(NC3CCN(C(=O)OC(C)(C)C)C3)cc2)cs1. The molecule has 3 rings (SSSR count). The topological polar surface area (TPSA) is 54.5 Å². The van der Waals surface area contributed by atoms with Crippen LogP contribution in [0.1, 0.15) is 32.2 Å². The van der Waals surface area contributed by atoms with Crippen molar-refractivity contribution in [3.05, 3.63) is 34.7 Å². The van der Waals surface area contributed by atoms with Gasteiger partial charge in [-0.1, -0.05) is 12.1 Å². The number of rotatable bonds is 3. The highest BCUT2D eigenvalue weighted by Crippen LogP contribution is 2.24. The summed E-state index contributed by atoms with van der Waals surface area (Å²) < 4.78 is 5.44. The van der Waals surface area contributed by atoms with Crippen LogP contribution < -0.4 is 5.32 Å². The predicted molar refractivity (Wildman–Crippen MR) is 102 cm³/mol. The number of thiazole rings is 1. The van der Waals surface area contributed by atoms with E-state index in [-0.39, 0.29) is 12.1 Å².